The lowest BCUT2D eigenvalue weighted by Gasteiger charge is -2.16. The van der Waals surface area contributed by atoms with Crippen molar-refractivity contribution in [3.63, 3.8) is 0 Å². The number of hydrogen-bond acceptors (Lipinski definition) is 5. The molecule has 2 aromatic carbocycles. The highest BCUT2D eigenvalue weighted by Crippen LogP contribution is 2.35. The van der Waals surface area contributed by atoms with Crippen LogP contribution in [0, 0.1) is 41.2 Å². The van der Waals surface area contributed by atoms with Crippen LogP contribution in [0.1, 0.15) is 16.7 Å². The number of benzene rings is 2. The van der Waals surface area contributed by atoms with Gasteiger partial charge in [-0.3, -0.25) is 0 Å². The van der Waals surface area contributed by atoms with Gasteiger partial charge in [0.25, 0.3) is 0 Å². The number of pyridine rings is 1. The summed E-state index contributed by atoms with van der Waals surface area (Å²) in [4.78, 5) is 4.14. The summed E-state index contributed by atoms with van der Waals surface area (Å²) in [6.45, 7) is 1.31. The fourth-order valence-corrected chi connectivity index (χ4v) is 2.82. The first kappa shape index (κ1) is 18.8. The molecule has 3 aromatic rings. The molecule has 0 fully saturated rings. The Labute approximate surface area is 160 Å². The summed E-state index contributed by atoms with van der Waals surface area (Å²) < 4.78 is 29.6. The van der Waals surface area contributed by atoms with Gasteiger partial charge in [-0.1, -0.05) is 12.1 Å². The number of anilines is 3. The third kappa shape index (κ3) is 3.34. The van der Waals surface area contributed by atoms with E-state index in [-0.39, 0.29) is 28.2 Å². The molecule has 0 bridgehead atoms. The molecule has 0 radical (unpaired) electrons. The topological polar surface area (TPSA) is 84.5 Å². The van der Waals surface area contributed by atoms with E-state index < -0.39 is 11.6 Å². The highest BCUT2D eigenvalue weighted by molar-refractivity contribution is 5.82. The Balaban J connectivity index is 2.21. The third-order valence-corrected chi connectivity index (χ3v) is 4.24. The number of aromatic nitrogens is 1. The summed E-state index contributed by atoms with van der Waals surface area (Å²) in [6.07, 6.45) is 0. The fourth-order valence-electron chi connectivity index (χ4n) is 2.82. The summed E-state index contributed by atoms with van der Waals surface area (Å²) in [5, 5.41) is 24.1. The van der Waals surface area contributed by atoms with E-state index in [1.54, 1.807) is 43.4 Å². The van der Waals surface area contributed by atoms with Crippen molar-refractivity contribution in [1.29, 1.82) is 10.5 Å². The van der Waals surface area contributed by atoms with Crippen LogP contribution in [0.3, 0.4) is 0 Å². The average Bonchev–Trinajstić information content (AvgIpc) is 2.73. The predicted molar refractivity (Wildman–Crippen MR) is 103 cm³/mol. The molecule has 7 heteroatoms. The second-order valence-electron chi connectivity index (χ2n) is 5.97. The lowest BCUT2D eigenvalue weighted by atomic mass is 10.0. The largest absolute Gasteiger partial charge is 0.388 e. The monoisotopic (exact) mass is 375 g/mol. The van der Waals surface area contributed by atoms with Gasteiger partial charge in [0.1, 0.15) is 5.69 Å². The van der Waals surface area contributed by atoms with Crippen LogP contribution in [-0.4, -0.2) is 12.0 Å². The highest BCUT2D eigenvalue weighted by Gasteiger charge is 2.22. The van der Waals surface area contributed by atoms with Gasteiger partial charge >= 0.3 is 0 Å². The molecule has 0 aliphatic rings. The third-order valence-electron chi connectivity index (χ3n) is 4.24. The van der Waals surface area contributed by atoms with E-state index in [4.69, 9.17) is 5.26 Å². The minimum absolute atomic E-state index is 0.140. The normalized spacial score (nSPS) is 10.1. The Morgan fingerprint density at radius 1 is 1.00 bits per heavy atom. The van der Waals surface area contributed by atoms with Gasteiger partial charge in [0.2, 0.25) is 0 Å². The van der Waals surface area contributed by atoms with E-state index in [1.165, 1.54) is 13.0 Å². The molecular weight excluding hydrogens is 360 g/mol. The van der Waals surface area contributed by atoms with Gasteiger partial charge in [-0.05, 0) is 37.3 Å². The molecule has 1 aromatic heterocycles. The van der Waals surface area contributed by atoms with Gasteiger partial charge in [0.15, 0.2) is 17.5 Å². The summed E-state index contributed by atoms with van der Waals surface area (Å²) >= 11 is 0. The van der Waals surface area contributed by atoms with Crippen LogP contribution in [0.5, 0.6) is 0 Å². The molecule has 0 saturated heterocycles. The van der Waals surface area contributed by atoms with E-state index >= 15 is 0 Å². The first-order chi connectivity index (χ1) is 13.5. The van der Waals surface area contributed by atoms with Crippen molar-refractivity contribution in [2.75, 3.05) is 17.7 Å². The molecule has 5 nitrogen and oxygen atoms in total. The molecule has 3 rings (SSSR count). The molecular formula is C21H15F2N5. The molecule has 0 aliphatic heterocycles. The molecule has 28 heavy (non-hydrogen) atoms. The molecule has 2 N–H and O–H groups in total. The number of nitrogens with zero attached hydrogens (tertiary/aromatic N) is 3. The molecule has 0 spiro atoms. The summed E-state index contributed by atoms with van der Waals surface area (Å²) in [7, 11) is 1.64. The Morgan fingerprint density at radius 3 is 2.43 bits per heavy atom. The van der Waals surface area contributed by atoms with Gasteiger partial charge in [0.05, 0.1) is 23.3 Å². The van der Waals surface area contributed by atoms with E-state index in [9.17, 15) is 14.0 Å². The number of nitrogens with one attached hydrogen (secondary N) is 2. The maximum absolute atomic E-state index is 14.9. The van der Waals surface area contributed by atoms with Crippen LogP contribution in [0.25, 0.3) is 11.3 Å². The maximum Gasteiger partial charge on any atom is 0.171 e. The Kier molecular flexibility index (Phi) is 5.19. The van der Waals surface area contributed by atoms with E-state index in [0.29, 0.717) is 16.9 Å². The van der Waals surface area contributed by atoms with Gasteiger partial charge in [0, 0.05) is 29.5 Å². The molecule has 0 atom stereocenters. The van der Waals surface area contributed by atoms with E-state index in [2.05, 4.69) is 15.6 Å². The van der Waals surface area contributed by atoms with E-state index in [0.717, 1.165) is 0 Å². The van der Waals surface area contributed by atoms with E-state index in [1.807, 2.05) is 12.1 Å². The van der Waals surface area contributed by atoms with Crippen molar-refractivity contribution in [2.24, 2.45) is 0 Å². The van der Waals surface area contributed by atoms with Gasteiger partial charge < -0.3 is 10.6 Å². The second-order valence-corrected chi connectivity index (χ2v) is 5.97. The summed E-state index contributed by atoms with van der Waals surface area (Å²) in [5.41, 5.74) is 1.41. The zero-order valence-corrected chi connectivity index (χ0v) is 15.1. The first-order valence-corrected chi connectivity index (χ1v) is 8.34. The minimum atomic E-state index is -0.843. The molecule has 138 valence electrons. The smallest absolute Gasteiger partial charge is 0.171 e. The fraction of sp³-hybridized carbons (Fsp3) is 0.0952. The van der Waals surface area contributed by atoms with Crippen molar-refractivity contribution < 1.29 is 8.78 Å². The standard InChI is InChI=1S/C21H15F2N5/c1-12-18(22)20(17-14(11-25)6-4-8-16(17)26-2)28-21(19(12)23)27-15-7-3-5-13(9-15)10-24/h3-9,26H,1-2H3,(H,27,28). The number of rotatable bonds is 4. The molecule has 0 aliphatic carbocycles. The van der Waals surface area contributed by atoms with Crippen molar-refractivity contribution in [3.05, 3.63) is 70.8 Å². The van der Waals surface area contributed by atoms with Crippen LogP contribution < -0.4 is 10.6 Å². The average molecular weight is 375 g/mol. The van der Waals surface area contributed by atoms with Gasteiger partial charge in [-0.2, -0.15) is 10.5 Å². The molecule has 0 amide bonds. The molecule has 1 heterocycles. The lowest BCUT2D eigenvalue weighted by molar-refractivity contribution is 0.565. The van der Waals surface area contributed by atoms with Crippen LogP contribution in [0.2, 0.25) is 0 Å². The first-order valence-electron chi connectivity index (χ1n) is 8.34. The predicted octanol–water partition coefficient (Wildman–Crippen LogP) is 4.86. The zero-order chi connectivity index (χ0) is 20.3. The van der Waals surface area contributed by atoms with Crippen LogP contribution in [0.4, 0.5) is 26.0 Å². The molecule has 0 unspecified atom stereocenters. The summed E-state index contributed by atoms with van der Waals surface area (Å²) in [5.74, 6) is -1.88. The lowest BCUT2D eigenvalue weighted by Crippen LogP contribution is -2.06. The Bertz CT molecular complexity index is 1140. The quantitative estimate of drug-likeness (QED) is 0.680. The maximum atomic E-state index is 14.9. The zero-order valence-electron chi connectivity index (χ0n) is 15.1. The van der Waals surface area contributed by atoms with Crippen molar-refractivity contribution in [3.8, 4) is 23.4 Å². The van der Waals surface area contributed by atoms with Crippen LogP contribution >= 0.6 is 0 Å². The second kappa shape index (κ2) is 7.73. The Morgan fingerprint density at radius 2 is 1.75 bits per heavy atom. The van der Waals surface area contributed by atoms with Crippen LogP contribution in [-0.2, 0) is 0 Å². The van der Waals surface area contributed by atoms with Gasteiger partial charge in [-0.15, -0.1) is 0 Å². The molecule has 0 saturated carbocycles. The number of halogens is 2. The summed E-state index contributed by atoms with van der Waals surface area (Å²) in [6, 6.07) is 15.3. The minimum Gasteiger partial charge on any atom is -0.388 e. The van der Waals surface area contributed by atoms with Crippen molar-refractivity contribution in [1.82, 2.24) is 4.98 Å². The number of hydrogen-bond donors (Lipinski definition) is 2. The van der Waals surface area contributed by atoms with Crippen molar-refractivity contribution >= 4 is 17.2 Å². The highest BCUT2D eigenvalue weighted by atomic mass is 19.1. The SMILES string of the molecule is CNc1cccc(C#N)c1-c1nc(Nc2cccc(C#N)c2)c(F)c(C)c1F. The number of nitriles is 2. The van der Waals surface area contributed by atoms with Crippen LogP contribution in [0.15, 0.2) is 42.5 Å². The Hall–Kier alpha value is -3.97. The van der Waals surface area contributed by atoms with Gasteiger partial charge in [-0.25, -0.2) is 13.8 Å². The van der Waals surface area contributed by atoms with Crippen molar-refractivity contribution in [2.45, 2.75) is 6.92 Å².